The number of hydroxylamine groups is 2. The summed E-state index contributed by atoms with van der Waals surface area (Å²) >= 11 is 0. The monoisotopic (exact) mass is 417 g/mol. The zero-order chi connectivity index (χ0) is 21.8. The maximum Gasteiger partial charge on any atom is 0.330 e. The summed E-state index contributed by atoms with van der Waals surface area (Å²) in [4.78, 5) is 18.1. The average molecular weight is 418 g/mol. The Morgan fingerprint density at radius 2 is 1.68 bits per heavy atom. The first-order chi connectivity index (χ1) is 14.9. The molecule has 0 aromatic heterocycles. The lowest BCUT2D eigenvalue weighted by atomic mass is 9.87. The summed E-state index contributed by atoms with van der Waals surface area (Å²) < 4.78 is 6.45. The summed E-state index contributed by atoms with van der Waals surface area (Å²) in [6, 6.07) is 25.3. The van der Waals surface area contributed by atoms with Gasteiger partial charge in [-0.3, -0.25) is 0 Å². The molecule has 4 nitrogen and oxygen atoms in total. The van der Waals surface area contributed by atoms with Crippen LogP contribution in [0.2, 0.25) is 0 Å². The van der Waals surface area contributed by atoms with Gasteiger partial charge in [-0.2, -0.15) is 0 Å². The highest BCUT2D eigenvalue weighted by molar-refractivity contribution is 5.82. The van der Waals surface area contributed by atoms with Gasteiger partial charge in [-0.15, -0.1) is 5.06 Å². The molecule has 0 aliphatic carbocycles. The third-order valence-corrected chi connectivity index (χ3v) is 5.85. The number of carbonyl (C=O) groups is 1. The number of piperidine rings is 1. The van der Waals surface area contributed by atoms with E-state index in [1.54, 1.807) is 5.06 Å². The Balaban J connectivity index is 1.49. The molecule has 1 aliphatic heterocycles. The van der Waals surface area contributed by atoms with Crippen LogP contribution < -0.4 is 0 Å². The molecular formula is C27H31NO3. The second-order valence-electron chi connectivity index (χ2n) is 9.35. The number of ether oxygens (including phenoxy) is 1. The zero-order valence-corrected chi connectivity index (χ0v) is 18.6. The minimum Gasteiger partial charge on any atom is -0.371 e. The average Bonchev–Trinajstić information content (AvgIpc) is 2.77. The van der Waals surface area contributed by atoms with E-state index in [1.807, 2.05) is 26.8 Å². The lowest BCUT2D eigenvalue weighted by Crippen LogP contribution is -2.46. The van der Waals surface area contributed by atoms with Gasteiger partial charge >= 0.3 is 5.97 Å². The molecule has 0 bridgehead atoms. The van der Waals surface area contributed by atoms with Gasteiger partial charge in [0.25, 0.3) is 0 Å². The highest BCUT2D eigenvalue weighted by Gasteiger charge is 2.34. The number of nitrogens with zero attached hydrogens (tertiary/aromatic N) is 1. The predicted octanol–water partition coefficient (Wildman–Crippen LogP) is 5.72. The van der Waals surface area contributed by atoms with Crippen LogP contribution in [0.25, 0.3) is 10.8 Å². The maximum atomic E-state index is 12.4. The van der Waals surface area contributed by atoms with E-state index in [4.69, 9.17) is 9.57 Å². The maximum absolute atomic E-state index is 12.4. The van der Waals surface area contributed by atoms with Crippen LogP contribution >= 0.6 is 0 Å². The molecule has 3 aromatic rings. The largest absolute Gasteiger partial charge is 0.371 e. The summed E-state index contributed by atoms with van der Waals surface area (Å²) in [5.74, 6) is 0.0604. The molecule has 0 radical (unpaired) electrons. The van der Waals surface area contributed by atoms with Gasteiger partial charge in [0.05, 0.1) is 24.7 Å². The molecule has 1 heterocycles. The number of benzene rings is 3. The van der Waals surface area contributed by atoms with E-state index in [2.05, 4.69) is 66.7 Å². The molecule has 0 amide bonds. The molecule has 2 atom stereocenters. The first-order valence-electron chi connectivity index (χ1n) is 11.0. The molecule has 0 spiro atoms. The molecule has 1 saturated heterocycles. The van der Waals surface area contributed by atoms with Crippen molar-refractivity contribution in [1.82, 2.24) is 5.06 Å². The molecule has 4 rings (SSSR count). The standard InChI is InChI=1S/C27H31NO3/c1-27(2,3)26(29)31-28-16-15-24(22-10-5-4-6-11-22)25(18-28)30-19-20-13-14-21-9-7-8-12-23(21)17-20/h4-14,17,24-25H,15-16,18-19H2,1-3H3. The molecular weight excluding hydrogens is 386 g/mol. The SMILES string of the molecule is CC(C)(C)C(=O)ON1CCC(c2ccccc2)C(OCc2ccc3ccccc3c2)C1. The van der Waals surface area contributed by atoms with Crippen LogP contribution in [0.3, 0.4) is 0 Å². The number of carbonyl (C=O) groups excluding carboxylic acids is 1. The van der Waals surface area contributed by atoms with Gasteiger partial charge in [-0.05, 0) is 55.2 Å². The Bertz CT molecular complexity index is 1030. The highest BCUT2D eigenvalue weighted by Crippen LogP contribution is 2.32. The fourth-order valence-electron chi connectivity index (χ4n) is 4.01. The van der Waals surface area contributed by atoms with E-state index < -0.39 is 5.41 Å². The molecule has 0 N–H and O–H groups in total. The van der Waals surface area contributed by atoms with E-state index in [9.17, 15) is 4.79 Å². The second kappa shape index (κ2) is 9.21. The van der Waals surface area contributed by atoms with Gasteiger partial charge in [-0.1, -0.05) is 66.7 Å². The molecule has 2 unspecified atom stereocenters. The van der Waals surface area contributed by atoms with Crippen molar-refractivity contribution >= 4 is 16.7 Å². The zero-order valence-electron chi connectivity index (χ0n) is 18.6. The third kappa shape index (κ3) is 5.33. The van der Waals surface area contributed by atoms with E-state index in [0.29, 0.717) is 19.7 Å². The minimum atomic E-state index is -0.530. The number of hydrogen-bond donors (Lipinski definition) is 0. The Hall–Kier alpha value is -2.69. The molecule has 4 heteroatoms. The third-order valence-electron chi connectivity index (χ3n) is 5.85. The fraction of sp³-hybridized carbons (Fsp3) is 0.370. The summed E-state index contributed by atoms with van der Waals surface area (Å²) in [7, 11) is 0. The van der Waals surface area contributed by atoms with Gasteiger partial charge in [-0.25, -0.2) is 4.79 Å². The first kappa shape index (κ1) is 21.5. The Labute approximate surface area is 184 Å². The van der Waals surface area contributed by atoms with E-state index >= 15 is 0 Å². The molecule has 162 valence electrons. The van der Waals surface area contributed by atoms with Gasteiger partial charge < -0.3 is 9.57 Å². The highest BCUT2D eigenvalue weighted by atomic mass is 16.7. The lowest BCUT2D eigenvalue weighted by Gasteiger charge is -2.38. The van der Waals surface area contributed by atoms with Crippen molar-refractivity contribution in [3.05, 3.63) is 83.9 Å². The molecule has 1 fully saturated rings. The lowest BCUT2D eigenvalue weighted by molar-refractivity contribution is -0.216. The Kier molecular flexibility index (Phi) is 6.40. The first-order valence-corrected chi connectivity index (χ1v) is 11.0. The molecule has 3 aromatic carbocycles. The van der Waals surface area contributed by atoms with Crippen LogP contribution in [0.4, 0.5) is 0 Å². The minimum absolute atomic E-state index is 0.0598. The van der Waals surface area contributed by atoms with Crippen molar-refractivity contribution in [2.45, 2.75) is 45.8 Å². The Morgan fingerprint density at radius 3 is 2.42 bits per heavy atom. The van der Waals surface area contributed by atoms with Crippen LogP contribution in [0.15, 0.2) is 72.8 Å². The second-order valence-corrected chi connectivity index (χ2v) is 9.35. The van der Waals surface area contributed by atoms with Gasteiger partial charge in [0.2, 0.25) is 0 Å². The quantitative estimate of drug-likeness (QED) is 0.532. The van der Waals surface area contributed by atoms with Gasteiger partial charge in [0, 0.05) is 12.5 Å². The smallest absolute Gasteiger partial charge is 0.330 e. The van der Waals surface area contributed by atoms with Crippen molar-refractivity contribution < 1.29 is 14.4 Å². The van der Waals surface area contributed by atoms with Crippen LogP contribution in [0.5, 0.6) is 0 Å². The molecule has 1 aliphatic rings. The molecule has 0 saturated carbocycles. The summed E-state index contributed by atoms with van der Waals surface area (Å²) in [6.45, 7) is 7.42. The van der Waals surface area contributed by atoms with Gasteiger partial charge in [0.15, 0.2) is 0 Å². The van der Waals surface area contributed by atoms with Crippen molar-refractivity contribution in [3.63, 3.8) is 0 Å². The van der Waals surface area contributed by atoms with Crippen molar-refractivity contribution in [2.75, 3.05) is 13.1 Å². The van der Waals surface area contributed by atoms with Crippen LogP contribution in [-0.4, -0.2) is 30.2 Å². The van der Waals surface area contributed by atoms with Crippen molar-refractivity contribution in [2.24, 2.45) is 5.41 Å². The van der Waals surface area contributed by atoms with Crippen LogP contribution in [0.1, 0.15) is 44.2 Å². The van der Waals surface area contributed by atoms with Crippen LogP contribution in [0, 0.1) is 5.41 Å². The van der Waals surface area contributed by atoms with E-state index in [-0.39, 0.29) is 18.0 Å². The van der Waals surface area contributed by atoms with Gasteiger partial charge in [0.1, 0.15) is 0 Å². The fourth-order valence-corrected chi connectivity index (χ4v) is 4.01. The summed E-state index contributed by atoms with van der Waals surface area (Å²) in [6.07, 6.45) is 0.819. The van der Waals surface area contributed by atoms with Crippen molar-refractivity contribution in [1.29, 1.82) is 0 Å². The van der Waals surface area contributed by atoms with E-state index in [1.165, 1.54) is 16.3 Å². The topological polar surface area (TPSA) is 38.8 Å². The van der Waals surface area contributed by atoms with Crippen LogP contribution in [-0.2, 0) is 21.0 Å². The number of rotatable bonds is 5. The Morgan fingerprint density at radius 1 is 0.968 bits per heavy atom. The summed E-state index contributed by atoms with van der Waals surface area (Å²) in [5.41, 5.74) is 1.89. The normalized spacial score (nSPS) is 20.0. The number of hydrogen-bond acceptors (Lipinski definition) is 4. The van der Waals surface area contributed by atoms with E-state index in [0.717, 1.165) is 12.0 Å². The van der Waals surface area contributed by atoms with Crippen molar-refractivity contribution in [3.8, 4) is 0 Å². The number of fused-ring (bicyclic) bond motifs is 1. The summed E-state index contributed by atoms with van der Waals surface area (Å²) in [5, 5.41) is 4.22. The molecule has 31 heavy (non-hydrogen) atoms. The predicted molar refractivity (Wildman–Crippen MR) is 123 cm³/mol.